The Morgan fingerprint density at radius 2 is 1.95 bits per heavy atom. The van der Waals surface area contributed by atoms with Gasteiger partial charge in [-0.25, -0.2) is 4.98 Å². The number of anilines is 2. The minimum atomic E-state index is -0.273. The molecule has 0 spiro atoms. The summed E-state index contributed by atoms with van der Waals surface area (Å²) >= 11 is 1.61. The molecule has 0 bridgehead atoms. The van der Waals surface area contributed by atoms with Crippen molar-refractivity contribution in [2.75, 3.05) is 50.1 Å². The molecule has 11 heteroatoms. The minimum Gasteiger partial charge on any atom is -0.464 e. The maximum atomic E-state index is 12.7. The lowest BCUT2D eigenvalue weighted by atomic mass is 10.1. The molecule has 0 atom stereocenters. The Bertz CT molecular complexity index is 1230. The van der Waals surface area contributed by atoms with E-state index < -0.39 is 0 Å². The number of carbonyl (C=O) groups excluding carboxylic acids is 1. The molecular formula is C27H36N8O2S. The largest absolute Gasteiger partial charge is 0.464 e. The fourth-order valence-electron chi connectivity index (χ4n) is 3.85. The van der Waals surface area contributed by atoms with E-state index in [-0.39, 0.29) is 18.3 Å². The maximum Gasteiger partial charge on any atom is 0.258 e. The molecule has 10 nitrogen and oxygen atoms in total. The number of rotatable bonds is 9. The van der Waals surface area contributed by atoms with Crippen molar-refractivity contribution >= 4 is 29.3 Å². The number of thioether (sulfide) groups is 1. The van der Waals surface area contributed by atoms with Gasteiger partial charge < -0.3 is 37.1 Å². The number of nitrogens with two attached hydrogens (primary N) is 3. The molecule has 3 rings (SSSR count). The topological polar surface area (TPSA) is 149 Å². The number of hydrogen-bond donors (Lipinski definition) is 4. The van der Waals surface area contributed by atoms with Crippen LogP contribution in [0.5, 0.6) is 5.88 Å². The SMILES string of the molecule is Cc1cc(OCC#CCN)nc(N2CCC(S/C(N)=C/C=C(\N)NC(=O)c3ccccc3N(C)C)CC2)n1. The molecule has 0 aliphatic carbocycles. The van der Waals surface area contributed by atoms with Crippen LogP contribution in [-0.2, 0) is 0 Å². The predicted octanol–water partition coefficient (Wildman–Crippen LogP) is 1.92. The first kappa shape index (κ1) is 28.7. The zero-order valence-electron chi connectivity index (χ0n) is 22.1. The number of nitrogens with zero attached hydrogens (tertiary/aromatic N) is 4. The normalized spacial score (nSPS) is 14.5. The summed E-state index contributed by atoms with van der Waals surface area (Å²) in [5.41, 5.74) is 19.8. The lowest BCUT2D eigenvalue weighted by Crippen LogP contribution is -2.36. The minimum absolute atomic E-state index is 0.227. The molecule has 2 heterocycles. The number of aryl methyl sites for hydroxylation is 1. The molecule has 1 amide bonds. The number of piperidine rings is 1. The third kappa shape index (κ3) is 8.61. The molecule has 1 aliphatic heterocycles. The van der Waals surface area contributed by atoms with Gasteiger partial charge in [0.25, 0.3) is 5.91 Å². The number of nitrogens with one attached hydrogen (secondary N) is 1. The summed E-state index contributed by atoms with van der Waals surface area (Å²) in [6, 6.07) is 9.14. The van der Waals surface area contributed by atoms with Crippen molar-refractivity contribution < 1.29 is 9.53 Å². The van der Waals surface area contributed by atoms with E-state index in [1.165, 1.54) is 0 Å². The van der Waals surface area contributed by atoms with Crippen molar-refractivity contribution in [2.24, 2.45) is 17.2 Å². The van der Waals surface area contributed by atoms with Gasteiger partial charge in [0, 0.05) is 49.9 Å². The number of hydrogen-bond acceptors (Lipinski definition) is 10. The molecule has 0 radical (unpaired) electrons. The quantitative estimate of drug-likeness (QED) is 0.277. The number of ether oxygens (including phenoxy) is 1. The highest BCUT2D eigenvalue weighted by Crippen LogP contribution is 2.29. The van der Waals surface area contributed by atoms with Crippen molar-refractivity contribution in [1.82, 2.24) is 15.3 Å². The van der Waals surface area contributed by atoms with E-state index in [0.717, 1.165) is 37.3 Å². The maximum absolute atomic E-state index is 12.7. The molecule has 1 saturated heterocycles. The summed E-state index contributed by atoms with van der Waals surface area (Å²) in [5, 5.41) is 3.71. The molecule has 202 valence electrons. The average Bonchev–Trinajstić information content (AvgIpc) is 2.90. The second kappa shape index (κ2) is 14.2. The number of aromatic nitrogens is 2. The number of allylic oxidation sites excluding steroid dienone is 2. The highest BCUT2D eigenvalue weighted by Gasteiger charge is 2.22. The zero-order valence-corrected chi connectivity index (χ0v) is 22.9. The van der Waals surface area contributed by atoms with E-state index in [0.29, 0.717) is 34.2 Å². The van der Waals surface area contributed by atoms with E-state index in [4.69, 9.17) is 21.9 Å². The van der Waals surface area contributed by atoms with Gasteiger partial charge in [-0.2, -0.15) is 4.98 Å². The molecule has 1 aromatic heterocycles. The van der Waals surface area contributed by atoms with Crippen LogP contribution in [0.4, 0.5) is 11.6 Å². The third-order valence-electron chi connectivity index (χ3n) is 5.68. The molecule has 38 heavy (non-hydrogen) atoms. The van der Waals surface area contributed by atoms with Crippen LogP contribution in [0.1, 0.15) is 28.9 Å². The van der Waals surface area contributed by atoms with Crippen molar-refractivity contribution in [2.45, 2.75) is 25.0 Å². The monoisotopic (exact) mass is 536 g/mol. The molecule has 0 unspecified atom stereocenters. The Kier molecular flexibility index (Phi) is 10.7. The van der Waals surface area contributed by atoms with Crippen molar-refractivity contribution in [3.8, 4) is 17.7 Å². The van der Waals surface area contributed by atoms with Crippen LogP contribution in [0.3, 0.4) is 0 Å². The second-order valence-electron chi connectivity index (χ2n) is 8.85. The van der Waals surface area contributed by atoms with E-state index in [9.17, 15) is 4.79 Å². The number of para-hydroxylation sites is 1. The van der Waals surface area contributed by atoms with Gasteiger partial charge in [-0.05, 0) is 44.1 Å². The average molecular weight is 537 g/mol. The van der Waals surface area contributed by atoms with Crippen LogP contribution >= 0.6 is 11.8 Å². The Labute approximate surface area is 228 Å². The third-order valence-corrected chi connectivity index (χ3v) is 6.89. The van der Waals surface area contributed by atoms with Crippen molar-refractivity contribution in [1.29, 1.82) is 0 Å². The first-order chi connectivity index (χ1) is 18.3. The van der Waals surface area contributed by atoms with Crippen LogP contribution in [0.25, 0.3) is 0 Å². The summed E-state index contributed by atoms with van der Waals surface area (Å²) in [7, 11) is 3.77. The summed E-state index contributed by atoms with van der Waals surface area (Å²) in [6.07, 6.45) is 5.19. The summed E-state index contributed by atoms with van der Waals surface area (Å²) in [6.45, 7) is 4.07. The Balaban J connectivity index is 1.51. The summed E-state index contributed by atoms with van der Waals surface area (Å²) < 4.78 is 5.63. The van der Waals surface area contributed by atoms with E-state index in [1.54, 1.807) is 36.0 Å². The molecule has 7 N–H and O–H groups in total. The fourth-order valence-corrected chi connectivity index (χ4v) is 4.82. The van der Waals surface area contributed by atoms with Crippen LogP contribution in [0.15, 0.2) is 53.3 Å². The lowest BCUT2D eigenvalue weighted by molar-refractivity contribution is 0.0966. The van der Waals surface area contributed by atoms with Gasteiger partial charge >= 0.3 is 0 Å². The number of carbonyl (C=O) groups is 1. The highest BCUT2D eigenvalue weighted by atomic mass is 32.2. The van der Waals surface area contributed by atoms with Crippen molar-refractivity contribution in [3.63, 3.8) is 0 Å². The number of benzene rings is 1. The van der Waals surface area contributed by atoms with Crippen LogP contribution in [0.2, 0.25) is 0 Å². The van der Waals surface area contributed by atoms with Gasteiger partial charge in [0.1, 0.15) is 5.82 Å². The summed E-state index contributed by atoms with van der Waals surface area (Å²) in [4.78, 5) is 25.8. The Hall–Kier alpha value is -3.88. The van der Waals surface area contributed by atoms with Gasteiger partial charge in [-0.15, -0.1) is 11.8 Å². The Morgan fingerprint density at radius 1 is 1.21 bits per heavy atom. The standard InChI is InChI=1S/C27H36N8O2S/c1-19-18-25(37-17-7-6-14-28)33-27(31-19)35-15-12-20(13-16-35)38-24(30)11-10-23(29)32-26(36)21-8-4-5-9-22(21)34(2)3/h4-5,8-11,18,20H,12-17,28-30H2,1-3H3,(H,32,36)/b23-10+,24-11+. The fraction of sp³-hybridized carbons (Fsp3) is 0.370. The summed E-state index contributed by atoms with van der Waals surface area (Å²) in [5.74, 6) is 6.72. The van der Waals surface area contributed by atoms with Crippen molar-refractivity contribution in [3.05, 3.63) is 64.6 Å². The van der Waals surface area contributed by atoms with Gasteiger partial charge in [0.2, 0.25) is 11.8 Å². The van der Waals surface area contributed by atoms with Gasteiger partial charge in [0.05, 0.1) is 17.1 Å². The second-order valence-corrected chi connectivity index (χ2v) is 10.2. The molecular weight excluding hydrogens is 500 g/mol. The molecule has 1 fully saturated rings. The first-order valence-corrected chi connectivity index (χ1v) is 13.2. The smallest absolute Gasteiger partial charge is 0.258 e. The Morgan fingerprint density at radius 3 is 2.66 bits per heavy atom. The van der Waals surface area contributed by atoms with Crippen LogP contribution < -0.4 is 37.1 Å². The van der Waals surface area contributed by atoms with E-state index in [2.05, 4.69) is 32.0 Å². The zero-order chi connectivity index (χ0) is 27.5. The van der Waals surface area contributed by atoms with Crippen LogP contribution in [-0.4, -0.2) is 61.5 Å². The van der Waals surface area contributed by atoms with Gasteiger partial charge in [-0.1, -0.05) is 24.0 Å². The molecule has 2 aromatic rings. The van der Waals surface area contributed by atoms with E-state index >= 15 is 0 Å². The molecule has 0 saturated carbocycles. The van der Waals surface area contributed by atoms with Crippen LogP contribution in [0, 0.1) is 18.8 Å². The van der Waals surface area contributed by atoms with Gasteiger partial charge in [0.15, 0.2) is 6.61 Å². The number of amides is 1. The lowest BCUT2D eigenvalue weighted by Gasteiger charge is -2.31. The molecule has 1 aliphatic rings. The first-order valence-electron chi connectivity index (χ1n) is 12.3. The van der Waals surface area contributed by atoms with Gasteiger partial charge in [-0.3, -0.25) is 4.79 Å². The highest BCUT2D eigenvalue weighted by molar-refractivity contribution is 8.03. The molecule has 1 aromatic carbocycles. The van der Waals surface area contributed by atoms with E-state index in [1.807, 2.05) is 44.1 Å². The predicted molar refractivity (Wildman–Crippen MR) is 155 cm³/mol.